The predicted octanol–water partition coefficient (Wildman–Crippen LogP) is 3.39. The molecule has 1 heterocycles. The van der Waals surface area contributed by atoms with Crippen LogP contribution in [0.2, 0.25) is 0 Å². The molecule has 0 unspecified atom stereocenters. The predicted molar refractivity (Wildman–Crippen MR) is 61.7 cm³/mol. The van der Waals surface area contributed by atoms with Gasteiger partial charge in [-0.1, -0.05) is 6.07 Å². The molecule has 0 spiro atoms. The van der Waals surface area contributed by atoms with Crippen LogP contribution in [0, 0.1) is 0 Å². The lowest BCUT2D eigenvalue weighted by atomic mass is 10.2. The molecule has 2 aromatic rings. The van der Waals surface area contributed by atoms with Gasteiger partial charge >= 0.3 is 6.18 Å². The Morgan fingerprint density at radius 3 is 2.53 bits per heavy atom. The SMILES string of the molecule is OCc1cc(Oc2cccc(C(F)(F)F)c2)ccn1. The number of aliphatic hydroxyl groups is 1. The Morgan fingerprint density at radius 1 is 1.11 bits per heavy atom. The van der Waals surface area contributed by atoms with Gasteiger partial charge in [0.05, 0.1) is 17.9 Å². The van der Waals surface area contributed by atoms with Crippen LogP contribution in [0.1, 0.15) is 11.3 Å². The van der Waals surface area contributed by atoms with Crippen molar-refractivity contribution in [3.05, 3.63) is 53.9 Å². The molecular formula is C13H10F3NO2. The van der Waals surface area contributed by atoms with E-state index < -0.39 is 11.7 Å². The number of benzene rings is 1. The molecular weight excluding hydrogens is 259 g/mol. The highest BCUT2D eigenvalue weighted by molar-refractivity contribution is 5.35. The maximum Gasteiger partial charge on any atom is 0.416 e. The van der Waals surface area contributed by atoms with Crippen LogP contribution in [0.25, 0.3) is 0 Å². The minimum Gasteiger partial charge on any atom is -0.457 e. The Hall–Kier alpha value is -2.08. The summed E-state index contributed by atoms with van der Waals surface area (Å²) < 4.78 is 42.9. The number of alkyl halides is 3. The topological polar surface area (TPSA) is 42.4 Å². The quantitative estimate of drug-likeness (QED) is 0.928. The minimum atomic E-state index is -4.41. The van der Waals surface area contributed by atoms with Crippen molar-refractivity contribution in [3.63, 3.8) is 0 Å². The van der Waals surface area contributed by atoms with Crippen molar-refractivity contribution in [2.75, 3.05) is 0 Å². The van der Waals surface area contributed by atoms with Gasteiger partial charge in [-0.25, -0.2) is 0 Å². The highest BCUT2D eigenvalue weighted by Gasteiger charge is 2.30. The smallest absolute Gasteiger partial charge is 0.416 e. The minimum absolute atomic E-state index is 0.0740. The Bertz CT molecular complexity index is 570. The number of pyridine rings is 1. The van der Waals surface area contributed by atoms with E-state index in [1.807, 2.05) is 0 Å². The third-order valence-electron chi connectivity index (χ3n) is 2.35. The summed E-state index contributed by atoms with van der Waals surface area (Å²) in [6, 6.07) is 7.54. The third-order valence-corrected chi connectivity index (χ3v) is 2.35. The summed E-state index contributed by atoms with van der Waals surface area (Å²) in [6.07, 6.45) is -3.00. The summed E-state index contributed by atoms with van der Waals surface area (Å²) in [6.45, 7) is -0.264. The second-order valence-electron chi connectivity index (χ2n) is 3.77. The van der Waals surface area contributed by atoms with Gasteiger partial charge in [0.1, 0.15) is 11.5 Å². The molecule has 0 aliphatic heterocycles. The number of ether oxygens (including phenoxy) is 1. The summed E-state index contributed by atoms with van der Waals surface area (Å²) in [7, 11) is 0. The van der Waals surface area contributed by atoms with E-state index in [-0.39, 0.29) is 12.4 Å². The van der Waals surface area contributed by atoms with Crippen LogP contribution in [-0.4, -0.2) is 10.1 Å². The van der Waals surface area contributed by atoms with Crippen molar-refractivity contribution >= 4 is 0 Å². The fraction of sp³-hybridized carbons (Fsp3) is 0.154. The lowest BCUT2D eigenvalue weighted by Gasteiger charge is -2.10. The normalized spacial score (nSPS) is 11.4. The number of rotatable bonds is 3. The molecule has 0 radical (unpaired) electrons. The number of hydrogen-bond donors (Lipinski definition) is 1. The third kappa shape index (κ3) is 3.45. The largest absolute Gasteiger partial charge is 0.457 e. The van der Waals surface area contributed by atoms with Crippen LogP contribution in [0.15, 0.2) is 42.6 Å². The molecule has 0 atom stereocenters. The zero-order valence-corrected chi connectivity index (χ0v) is 9.69. The molecule has 1 aromatic carbocycles. The van der Waals surface area contributed by atoms with Gasteiger partial charge in [0.25, 0.3) is 0 Å². The van der Waals surface area contributed by atoms with Crippen LogP contribution in [-0.2, 0) is 12.8 Å². The van der Waals surface area contributed by atoms with Crippen molar-refractivity contribution < 1.29 is 23.0 Å². The molecule has 0 bridgehead atoms. The fourth-order valence-corrected chi connectivity index (χ4v) is 1.48. The Kier molecular flexibility index (Phi) is 3.71. The summed E-state index contributed by atoms with van der Waals surface area (Å²) in [5.41, 5.74) is -0.397. The monoisotopic (exact) mass is 269 g/mol. The zero-order chi connectivity index (χ0) is 13.9. The second-order valence-corrected chi connectivity index (χ2v) is 3.77. The highest BCUT2D eigenvalue weighted by atomic mass is 19.4. The van der Waals surface area contributed by atoms with E-state index in [4.69, 9.17) is 9.84 Å². The molecule has 6 heteroatoms. The van der Waals surface area contributed by atoms with E-state index in [1.54, 1.807) is 0 Å². The van der Waals surface area contributed by atoms with E-state index in [1.165, 1.54) is 30.5 Å². The molecule has 0 amide bonds. The molecule has 0 fully saturated rings. The van der Waals surface area contributed by atoms with Crippen molar-refractivity contribution in [2.24, 2.45) is 0 Å². The van der Waals surface area contributed by atoms with Gasteiger partial charge in [0.15, 0.2) is 0 Å². The van der Waals surface area contributed by atoms with E-state index in [2.05, 4.69) is 4.98 Å². The molecule has 1 N–H and O–H groups in total. The maximum atomic E-state index is 12.5. The molecule has 0 saturated heterocycles. The number of halogens is 3. The van der Waals surface area contributed by atoms with Crippen molar-refractivity contribution in [1.82, 2.24) is 4.98 Å². The number of aromatic nitrogens is 1. The average Bonchev–Trinajstić information content (AvgIpc) is 2.38. The van der Waals surface area contributed by atoms with Crippen LogP contribution in [0.4, 0.5) is 13.2 Å². The number of nitrogens with zero attached hydrogens (tertiary/aromatic N) is 1. The Morgan fingerprint density at radius 2 is 1.84 bits per heavy atom. The summed E-state index contributed by atoms with van der Waals surface area (Å²) in [5, 5.41) is 8.91. The first-order chi connectivity index (χ1) is 8.99. The molecule has 19 heavy (non-hydrogen) atoms. The van der Waals surface area contributed by atoms with Crippen LogP contribution < -0.4 is 4.74 Å². The summed E-state index contributed by atoms with van der Waals surface area (Å²) in [4.78, 5) is 3.85. The summed E-state index contributed by atoms with van der Waals surface area (Å²) >= 11 is 0. The van der Waals surface area contributed by atoms with Crippen LogP contribution in [0.5, 0.6) is 11.5 Å². The Balaban J connectivity index is 2.23. The van der Waals surface area contributed by atoms with Gasteiger partial charge in [-0.3, -0.25) is 4.98 Å². The molecule has 0 aliphatic carbocycles. The molecule has 0 aliphatic rings. The van der Waals surface area contributed by atoms with Crippen molar-refractivity contribution in [3.8, 4) is 11.5 Å². The molecule has 0 saturated carbocycles. The lowest BCUT2D eigenvalue weighted by molar-refractivity contribution is -0.137. The number of aliphatic hydroxyl groups excluding tert-OH is 1. The summed E-state index contributed by atoms with van der Waals surface area (Å²) in [5.74, 6) is 0.392. The van der Waals surface area contributed by atoms with Gasteiger partial charge in [0.2, 0.25) is 0 Å². The zero-order valence-electron chi connectivity index (χ0n) is 9.69. The first-order valence-electron chi connectivity index (χ1n) is 5.40. The van der Waals surface area contributed by atoms with Gasteiger partial charge < -0.3 is 9.84 Å². The maximum absolute atomic E-state index is 12.5. The molecule has 100 valence electrons. The van der Waals surface area contributed by atoms with E-state index >= 15 is 0 Å². The van der Waals surface area contributed by atoms with Crippen molar-refractivity contribution in [1.29, 1.82) is 0 Å². The molecule has 3 nitrogen and oxygen atoms in total. The van der Waals surface area contributed by atoms with Gasteiger partial charge in [-0.05, 0) is 24.3 Å². The van der Waals surface area contributed by atoms with Crippen LogP contribution >= 0.6 is 0 Å². The first-order valence-corrected chi connectivity index (χ1v) is 5.40. The Labute approximate surface area is 107 Å². The second kappa shape index (κ2) is 5.27. The van der Waals surface area contributed by atoms with Gasteiger partial charge in [0, 0.05) is 12.3 Å². The van der Waals surface area contributed by atoms with Crippen molar-refractivity contribution in [2.45, 2.75) is 12.8 Å². The van der Waals surface area contributed by atoms with Crippen LogP contribution in [0.3, 0.4) is 0 Å². The van der Waals surface area contributed by atoms with Gasteiger partial charge in [-0.2, -0.15) is 13.2 Å². The first kappa shape index (κ1) is 13.4. The highest BCUT2D eigenvalue weighted by Crippen LogP contribution is 2.32. The standard InChI is InChI=1S/C13H10F3NO2/c14-13(15,16)9-2-1-3-11(6-9)19-12-4-5-17-10(7-12)8-18/h1-7,18H,8H2. The van der Waals surface area contributed by atoms with Gasteiger partial charge in [-0.15, -0.1) is 0 Å². The molecule has 2 rings (SSSR count). The fourth-order valence-electron chi connectivity index (χ4n) is 1.48. The van der Waals surface area contributed by atoms with E-state index in [0.29, 0.717) is 11.4 Å². The van der Waals surface area contributed by atoms with E-state index in [9.17, 15) is 13.2 Å². The average molecular weight is 269 g/mol. The number of hydrogen-bond acceptors (Lipinski definition) is 3. The lowest BCUT2D eigenvalue weighted by Crippen LogP contribution is -2.04. The van der Waals surface area contributed by atoms with E-state index in [0.717, 1.165) is 12.1 Å². The molecule has 1 aromatic heterocycles.